The van der Waals surface area contributed by atoms with Gasteiger partial charge in [-0.05, 0) is 29.0 Å². The molecule has 0 saturated heterocycles. The number of ketones is 1. The van der Waals surface area contributed by atoms with E-state index in [0.29, 0.717) is 0 Å². The third kappa shape index (κ3) is 2.03. The summed E-state index contributed by atoms with van der Waals surface area (Å²) >= 11 is 0. The molecule has 7 heteroatoms. The van der Waals surface area contributed by atoms with E-state index in [1.54, 1.807) is 6.07 Å². The molecule has 0 saturated carbocycles. The molecule has 0 spiro atoms. The van der Waals surface area contributed by atoms with Crippen LogP contribution < -0.4 is 4.74 Å². The monoisotopic (exact) mass is 383 g/mol. The third-order valence-electron chi connectivity index (χ3n) is 5.72. The molecular formula is C21H21NO6. The van der Waals surface area contributed by atoms with E-state index in [0.717, 1.165) is 11.1 Å². The van der Waals surface area contributed by atoms with Crippen LogP contribution in [0.3, 0.4) is 0 Å². The molecule has 1 heterocycles. The maximum Gasteiger partial charge on any atom is 0.280 e. The molecule has 1 aliphatic heterocycles. The molecule has 0 amide bonds. The molecule has 0 radical (unpaired) electrons. The summed E-state index contributed by atoms with van der Waals surface area (Å²) in [7, 11) is 0. The number of ether oxygens (including phenoxy) is 1. The van der Waals surface area contributed by atoms with Crippen LogP contribution in [0.5, 0.6) is 5.75 Å². The smallest absolute Gasteiger partial charge is 0.280 e. The lowest BCUT2D eigenvalue weighted by molar-refractivity contribution is -0.385. The fourth-order valence-electron chi connectivity index (χ4n) is 4.14. The van der Waals surface area contributed by atoms with Crippen molar-refractivity contribution in [3.8, 4) is 5.75 Å². The van der Waals surface area contributed by atoms with E-state index in [1.807, 2.05) is 33.8 Å². The quantitative estimate of drug-likeness (QED) is 0.620. The first-order chi connectivity index (χ1) is 13.0. The Morgan fingerprint density at radius 1 is 1.07 bits per heavy atom. The maximum absolute atomic E-state index is 13.3. The Morgan fingerprint density at radius 3 is 2.32 bits per heavy atom. The maximum atomic E-state index is 13.3. The number of hydrogen-bond acceptors (Lipinski definition) is 6. The molecule has 0 fully saturated rings. The third-order valence-corrected chi connectivity index (χ3v) is 5.72. The first-order valence-electron chi connectivity index (χ1n) is 9.18. The Bertz CT molecular complexity index is 1040. The number of nitro benzene ring substituents is 1. The van der Waals surface area contributed by atoms with Crippen molar-refractivity contribution in [2.45, 2.75) is 50.9 Å². The first-order valence-corrected chi connectivity index (χ1v) is 9.18. The van der Waals surface area contributed by atoms with Crippen LogP contribution in [0.4, 0.5) is 5.69 Å². The van der Waals surface area contributed by atoms with Gasteiger partial charge in [0, 0.05) is 17.2 Å². The lowest BCUT2D eigenvalue weighted by Gasteiger charge is -2.28. The zero-order valence-corrected chi connectivity index (χ0v) is 16.0. The Kier molecular flexibility index (Phi) is 3.73. The van der Waals surface area contributed by atoms with Crippen molar-refractivity contribution in [1.82, 2.24) is 0 Å². The van der Waals surface area contributed by atoms with Crippen molar-refractivity contribution in [1.29, 1.82) is 0 Å². The molecule has 4 rings (SSSR count). The Hall–Kier alpha value is -2.77. The van der Waals surface area contributed by atoms with Crippen LogP contribution >= 0.6 is 0 Å². The summed E-state index contributed by atoms with van der Waals surface area (Å²) in [5, 5.41) is 34.3. The van der Waals surface area contributed by atoms with Crippen LogP contribution in [-0.2, 0) is 11.4 Å². The number of nitro groups is 1. The van der Waals surface area contributed by atoms with Gasteiger partial charge in [0.2, 0.25) is 11.4 Å². The van der Waals surface area contributed by atoms with Gasteiger partial charge in [0.1, 0.15) is 11.3 Å². The zero-order valence-electron chi connectivity index (χ0n) is 16.0. The van der Waals surface area contributed by atoms with Crippen LogP contribution in [0.15, 0.2) is 30.3 Å². The second-order valence-corrected chi connectivity index (χ2v) is 8.04. The topological polar surface area (TPSA) is 110 Å². The highest BCUT2D eigenvalue weighted by molar-refractivity contribution is 6.12. The number of Topliss-reactive ketones (excluding diaryl/α,β-unsaturated/α-hetero) is 1. The lowest BCUT2D eigenvalue weighted by atomic mass is 9.83. The second-order valence-electron chi connectivity index (χ2n) is 8.04. The number of benzene rings is 2. The SMILES string of the molecule is CC(C)c1cc(C(C)C)c2c(c1)C1(O)C(=O)c3c([N+](=O)[O-])cccc3C1(O)O2. The molecule has 2 unspecified atom stereocenters. The molecule has 2 atom stereocenters. The number of aliphatic hydroxyl groups is 2. The van der Waals surface area contributed by atoms with Crippen molar-refractivity contribution in [2.75, 3.05) is 0 Å². The molecule has 0 aromatic heterocycles. The van der Waals surface area contributed by atoms with Gasteiger partial charge in [-0.15, -0.1) is 0 Å². The van der Waals surface area contributed by atoms with Crippen molar-refractivity contribution < 1.29 is 24.7 Å². The number of carbonyl (C=O) groups excluding carboxylic acids is 1. The molecule has 28 heavy (non-hydrogen) atoms. The highest BCUT2D eigenvalue weighted by Crippen LogP contribution is 2.61. The van der Waals surface area contributed by atoms with Gasteiger partial charge in [-0.2, -0.15) is 0 Å². The normalized spacial score (nSPS) is 24.9. The van der Waals surface area contributed by atoms with Crippen molar-refractivity contribution in [3.63, 3.8) is 0 Å². The van der Waals surface area contributed by atoms with Gasteiger partial charge in [-0.25, -0.2) is 0 Å². The van der Waals surface area contributed by atoms with Gasteiger partial charge in [0.05, 0.1) is 4.92 Å². The van der Waals surface area contributed by atoms with Crippen LogP contribution in [0, 0.1) is 10.1 Å². The summed E-state index contributed by atoms with van der Waals surface area (Å²) in [5.41, 5.74) is -1.52. The minimum Gasteiger partial charge on any atom is -0.453 e. The fraction of sp³-hybridized carbons (Fsp3) is 0.381. The van der Waals surface area contributed by atoms with Gasteiger partial charge in [0.25, 0.3) is 11.5 Å². The van der Waals surface area contributed by atoms with Gasteiger partial charge >= 0.3 is 0 Å². The Morgan fingerprint density at radius 2 is 1.75 bits per heavy atom. The fourth-order valence-corrected chi connectivity index (χ4v) is 4.14. The molecule has 1 aliphatic carbocycles. The molecule has 0 bridgehead atoms. The molecular weight excluding hydrogens is 362 g/mol. The largest absolute Gasteiger partial charge is 0.453 e. The van der Waals surface area contributed by atoms with Gasteiger partial charge in [-0.1, -0.05) is 45.9 Å². The predicted molar refractivity (Wildman–Crippen MR) is 100 cm³/mol. The average Bonchev–Trinajstić information content (AvgIpc) is 2.97. The second kappa shape index (κ2) is 5.62. The first kappa shape index (κ1) is 18.6. The van der Waals surface area contributed by atoms with E-state index in [-0.39, 0.29) is 34.3 Å². The van der Waals surface area contributed by atoms with Gasteiger partial charge < -0.3 is 14.9 Å². The summed E-state index contributed by atoms with van der Waals surface area (Å²) in [6.45, 7) is 7.86. The summed E-state index contributed by atoms with van der Waals surface area (Å²) in [5.74, 6) is -2.96. The summed E-state index contributed by atoms with van der Waals surface area (Å²) in [6.07, 6.45) is 0. The molecule has 2 aromatic rings. The van der Waals surface area contributed by atoms with E-state index >= 15 is 0 Å². The average molecular weight is 383 g/mol. The summed E-state index contributed by atoms with van der Waals surface area (Å²) in [6, 6.07) is 7.52. The number of hydrogen-bond donors (Lipinski definition) is 2. The van der Waals surface area contributed by atoms with E-state index in [1.165, 1.54) is 18.2 Å². The summed E-state index contributed by atoms with van der Waals surface area (Å²) < 4.78 is 5.84. The van der Waals surface area contributed by atoms with E-state index < -0.39 is 27.8 Å². The highest BCUT2D eigenvalue weighted by Gasteiger charge is 2.72. The van der Waals surface area contributed by atoms with Crippen LogP contribution in [0.25, 0.3) is 0 Å². The number of nitrogens with zero attached hydrogens (tertiary/aromatic N) is 1. The minimum absolute atomic E-state index is 0.0122. The molecule has 2 aliphatic rings. The van der Waals surface area contributed by atoms with E-state index in [9.17, 15) is 25.1 Å². The van der Waals surface area contributed by atoms with Crippen LogP contribution in [-0.4, -0.2) is 20.9 Å². The highest BCUT2D eigenvalue weighted by atomic mass is 16.7. The van der Waals surface area contributed by atoms with Crippen molar-refractivity contribution in [3.05, 3.63) is 68.3 Å². The molecule has 146 valence electrons. The Labute approximate surface area is 161 Å². The van der Waals surface area contributed by atoms with Crippen molar-refractivity contribution in [2.24, 2.45) is 0 Å². The minimum atomic E-state index is -2.44. The van der Waals surface area contributed by atoms with Gasteiger partial charge in [0.15, 0.2) is 0 Å². The zero-order chi connectivity index (χ0) is 20.6. The Balaban J connectivity index is 2.05. The molecule has 2 aromatic carbocycles. The van der Waals surface area contributed by atoms with Crippen LogP contribution in [0.1, 0.15) is 72.1 Å². The molecule has 7 nitrogen and oxygen atoms in total. The van der Waals surface area contributed by atoms with Gasteiger partial charge in [-0.3, -0.25) is 14.9 Å². The standard InChI is InChI=1S/C21H21NO6/c1-10(2)12-8-13(11(3)4)18-15(9-12)20(24)19(23)17-14(21(20,25)28-18)6-5-7-16(17)22(26)27/h5-11,24-25H,1-4H3. The lowest BCUT2D eigenvalue weighted by Crippen LogP contribution is -2.48. The van der Waals surface area contributed by atoms with Crippen LogP contribution in [0.2, 0.25) is 0 Å². The number of rotatable bonds is 3. The van der Waals surface area contributed by atoms with E-state index in [4.69, 9.17) is 4.74 Å². The number of carbonyl (C=O) groups is 1. The number of fused-ring (bicyclic) bond motifs is 5. The molecule has 2 N–H and O–H groups in total. The summed E-state index contributed by atoms with van der Waals surface area (Å²) in [4.78, 5) is 24.0. The van der Waals surface area contributed by atoms with Crippen molar-refractivity contribution >= 4 is 11.5 Å². The predicted octanol–water partition coefficient (Wildman–Crippen LogP) is 3.46. The van der Waals surface area contributed by atoms with E-state index in [2.05, 4.69) is 0 Å².